The molecule has 0 radical (unpaired) electrons. The number of carbonyl (C=O) groups excluding carboxylic acids is 3. The Balaban J connectivity index is 1.10. The minimum atomic E-state index is -0.772. The number of carbonyl (C=O) groups is 3. The fraction of sp³-hybridized carbons (Fsp3) is 0.182. The molecule has 0 atom stereocenters. The van der Waals surface area contributed by atoms with Gasteiger partial charge in [-0.2, -0.15) is 0 Å². The highest BCUT2D eigenvalue weighted by Crippen LogP contribution is 2.27. The molecule has 1 aliphatic heterocycles. The molecule has 0 aliphatic carbocycles. The van der Waals surface area contributed by atoms with E-state index in [0.29, 0.717) is 37.6 Å². The standard InChI is InChI=1S/C33H29FN6O6/c1-21-29(33(44)40(37(21)2)23-7-4-3-5-8-23)30(41)36-22-10-11-27(25(34)19-22)46-24-12-13-35-26(20-24)31(42)38-14-16-39(17-15-38)32(43)28-9-6-18-45-28/h3-13,18-20H,14-17H2,1-2H3,(H,36,41). The van der Waals surface area contributed by atoms with Gasteiger partial charge in [-0.1, -0.05) is 18.2 Å². The van der Waals surface area contributed by atoms with Crippen LogP contribution in [0, 0.1) is 12.7 Å². The molecule has 0 bridgehead atoms. The first kappa shape index (κ1) is 30.1. The number of aromatic nitrogens is 3. The molecule has 1 N–H and O–H groups in total. The van der Waals surface area contributed by atoms with Crippen molar-refractivity contribution >= 4 is 23.4 Å². The molecule has 0 saturated carbocycles. The number of ether oxygens (including phenoxy) is 1. The maximum atomic E-state index is 15.1. The van der Waals surface area contributed by atoms with Crippen LogP contribution < -0.4 is 15.6 Å². The lowest BCUT2D eigenvalue weighted by atomic mass is 10.2. The Hall–Kier alpha value is -5.98. The molecule has 0 unspecified atom stereocenters. The fourth-order valence-corrected chi connectivity index (χ4v) is 5.23. The minimum Gasteiger partial charge on any atom is -0.459 e. The number of amides is 3. The van der Waals surface area contributed by atoms with E-state index in [9.17, 15) is 19.2 Å². The van der Waals surface area contributed by atoms with Gasteiger partial charge in [0.25, 0.3) is 23.3 Å². The summed E-state index contributed by atoms with van der Waals surface area (Å²) in [6, 6.07) is 18.9. The van der Waals surface area contributed by atoms with Crippen LogP contribution in [-0.4, -0.2) is 68.0 Å². The molecule has 6 rings (SSSR count). The molecule has 4 heterocycles. The SMILES string of the molecule is Cc1c(C(=O)Nc2ccc(Oc3ccnc(C(=O)N4CCN(C(=O)c5ccco5)CC4)c3)c(F)c2)c(=O)n(-c2ccccc2)n1C. The van der Waals surface area contributed by atoms with Crippen LogP contribution in [0.3, 0.4) is 0 Å². The van der Waals surface area contributed by atoms with Crippen LogP contribution in [0.5, 0.6) is 11.5 Å². The fourth-order valence-electron chi connectivity index (χ4n) is 5.23. The van der Waals surface area contributed by atoms with Crippen molar-refractivity contribution in [2.45, 2.75) is 6.92 Å². The van der Waals surface area contributed by atoms with Crippen LogP contribution in [0.4, 0.5) is 10.1 Å². The van der Waals surface area contributed by atoms with Crippen molar-refractivity contribution in [1.29, 1.82) is 0 Å². The third kappa shape index (κ3) is 5.89. The quantitative estimate of drug-likeness (QED) is 0.286. The van der Waals surface area contributed by atoms with Crippen molar-refractivity contribution in [3.05, 3.63) is 124 Å². The molecule has 234 valence electrons. The highest BCUT2D eigenvalue weighted by atomic mass is 19.1. The number of rotatable bonds is 7. The predicted molar refractivity (Wildman–Crippen MR) is 165 cm³/mol. The lowest BCUT2D eigenvalue weighted by Crippen LogP contribution is -2.50. The lowest BCUT2D eigenvalue weighted by Gasteiger charge is -2.34. The van der Waals surface area contributed by atoms with Gasteiger partial charge in [-0.3, -0.25) is 28.8 Å². The largest absolute Gasteiger partial charge is 0.459 e. The second-order valence-electron chi connectivity index (χ2n) is 10.6. The molecule has 13 heteroatoms. The van der Waals surface area contributed by atoms with E-state index in [-0.39, 0.29) is 46.0 Å². The van der Waals surface area contributed by atoms with E-state index in [1.54, 1.807) is 64.9 Å². The first-order valence-corrected chi connectivity index (χ1v) is 14.4. The van der Waals surface area contributed by atoms with Gasteiger partial charge in [0.05, 0.1) is 17.6 Å². The maximum Gasteiger partial charge on any atom is 0.289 e. The smallest absolute Gasteiger partial charge is 0.289 e. The van der Waals surface area contributed by atoms with E-state index >= 15 is 4.39 Å². The molecule has 1 aliphatic rings. The molecule has 2 aromatic carbocycles. The molecule has 12 nitrogen and oxygen atoms in total. The number of benzene rings is 2. The Morgan fingerprint density at radius 2 is 1.63 bits per heavy atom. The van der Waals surface area contributed by atoms with Crippen LogP contribution in [-0.2, 0) is 7.05 Å². The van der Waals surface area contributed by atoms with Gasteiger partial charge in [-0.15, -0.1) is 0 Å². The summed E-state index contributed by atoms with van der Waals surface area (Å²) >= 11 is 0. The van der Waals surface area contributed by atoms with Crippen molar-refractivity contribution in [3.63, 3.8) is 0 Å². The average molecular weight is 625 g/mol. The number of anilines is 1. The third-order valence-electron chi connectivity index (χ3n) is 7.74. The van der Waals surface area contributed by atoms with E-state index in [4.69, 9.17) is 9.15 Å². The van der Waals surface area contributed by atoms with E-state index in [1.807, 2.05) is 6.07 Å². The van der Waals surface area contributed by atoms with Gasteiger partial charge >= 0.3 is 0 Å². The average Bonchev–Trinajstić information content (AvgIpc) is 3.68. The number of para-hydroxylation sites is 1. The van der Waals surface area contributed by atoms with E-state index in [1.165, 1.54) is 41.4 Å². The van der Waals surface area contributed by atoms with E-state index in [2.05, 4.69) is 10.3 Å². The van der Waals surface area contributed by atoms with Crippen LogP contribution in [0.15, 0.2) is 94.5 Å². The number of hydrogen-bond acceptors (Lipinski definition) is 7. The summed E-state index contributed by atoms with van der Waals surface area (Å²) < 4.78 is 29.0. The number of hydrogen-bond donors (Lipinski definition) is 1. The topological polar surface area (TPSA) is 132 Å². The number of nitrogens with one attached hydrogen (secondary N) is 1. The number of halogens is 1. The van der Waals surface area contributed by atoms with Crippen molar-refractivity contribution < 1.29 is 27.9 Å². The summed E-state index contributed by atoms with van der Waals surface area (Å²) in [5.74, 6) is -1.75. The summed E-state index contributed by atoms with van der Waals surface area (Å²) in [6.07, 6.45) is 2.82. The number of nitrogens with zero attached hydrogens (tertiary/aromatic N) is 5. The van der Waals surface area contributed by atoms with Crippen molar-refractivity contribution in [2.75, 3.05) is 31.5 Å². The second-order valence-corrected chi connectivity index (χ2v) is 10.6. The monoisotopic (exact) mass is 624 g/mol. The van der Waals surface area contributed by atoms with E-state index in [0.717, 1.165) is 6.07 Å². The van der Waals surface area contributed by atoms with Gasteiger partial charge in [-0.05, 0) is 49.4 Å². The Morgan fingerprint density at radius 1 is 0.913 bits per heavy atom. The zero-order valence-electron chi connectivity index (χ0n) is 25.0. The molecule has 1 saturated heterocycles. The van der Waals surface area contributed by atoms with Crippen LogP contribution in [0.25, 0.3) is 5.69 Å². The summed E-state index contributed by atoms with van der Waals surface area (Å²) in [6.45, 7) is 2.94. The number of pyridine rings is 1. The number of piperazine rings is 1. The molecule has 46 heavy (non-hydrogen) atoms. The molecule has 0 spiro atoms. The van der Waals surface area contributed by atoms with E-state index < -0.39 is 17.3 Å². The molecular formula is C33H29FN6O6. The first-order chi connectivity index (χ1) is 22.2. The zero-order chi connectivity index (χ0) is 32.4. The third-order valence-corrected chi connectivity index (χ3v) is 7.74. The minimum absolute atomic E-state index is 0.0633. The van der Waals surface area contributed by atoms with Crippen molar-refractivity contribution in [1.82, 2.24) is 24.1 Å². The van der Waals surface area contributed by atoms with Gasteiger partial charge in [-0.25, -0.2) is 9.07 Å². The maximum absolute atomic E-state index is 15.1. The van der Waals surface area contributed by atoms with Gasteiger partial charge in [0.1, 0.15) is 17.0 Å². The normalized spacial score (nSPS) is 13.0. The molecule has 5 aromatic rings. The second kappa shape index (κ2) is 12.6. The van der Waals surface area contributed by atoms with Gasteiger partial charge in [0.15, 0.2) is 17.3 Å². The summed E-state index contributed by atoms with van der Waals surface area (Å²) in [4.78, 5) is 59.3. The van der Waals surface area contributed by atoms with Crippen LogP contribution in [0.2, 0.25) is 0 Å². The Morgan fingerprint density at radius 3 is 2.30 bits per heavy atom. The lowest BCUT2D eigenvalue weighted by molar-refractivity contribution is 0.0515. The highest BCUT2D eigenvalue weighted by Gasteiger charge is 2.27. The Labute approximate surface area is 262 Å². The van der Waals surface area contributed by atoms with Gasteiger partial charge < -0.3 is 24.3 Å². The molecule has 1 fully saturated rings. The predicted octanol–water partition coefficient (Wildman–Crippen LogP) is 4.25. The Bertz CT molecular complexity index is 1980. The highest BCUT2D eigenvalue weighted by molar-refractivity contribution is 6.05. The van der Waals surface area contributed by atoms with Gasteiger partial charge in [0.2, 0.25) is 0 Å². The summed E-state index contributed by atoms with van der Waals surface area (Å²) in [5.41, 5.74) is 0.707. The first-order valence-electron chi connectivity index (χ1n) is 14.4. The van der Waals surface area contributed by atoms with Gasteiger partial charge in [0, 0.05) is 57.2 Å². The number of furan rings is 1. The van der Waals surface area contributed by atoms with Crippen LogP contribution in [0.1, 0.15) is 37.1 Å². The molecule has 3 amide bonds. The Kier molecular flexibility index (Phi) is 8.21. The van der Waals surface area contributed by atoms with Crippen LogP contribution >= 0.6 is 0 Å². The molecular weight excluding hydrogens is 595 g/mol. The zero-order valence-corrected chi connectivity index (χ0v) is 25.0. The van der Waals surface area contributed by atoms with Crippen molar-refractivity contribution in [2.24, 2.45) is 7.05 Å². The van der Waals surface area contributed by atoms with Crippen molar-refractivity contribution in [3.8, 4) is 17.2 Å². The molecule has 3 aromatic heterocycles. The summed E-state index contributed by atoms with van der Waals surface area (Å²) in [5, 5.41) is 2.59. The summed E-state index contributed by atoms with van der Waals surface area (Å²) in [7, 11) is 1.68.